The highest BCUT2D eigenvalue weighted by Gasteiger charge is 2.23. The molecule has 0 fully saturated rings. The first-order valence-corrected chi connectivity index (χ1v) is 14.9. The fourth-order valence-electron chi connectivity index (χ4n) is 4.46. The number of pyridine rings is 1. The van der Waals surface area contributed by atoms with Gasteiger partial charge in [-0.15, -0.1) is 28.1 Å². The number of amides is 1. The van der Waals surface area contributed by atoms with Crippen molar-refractivity contribution in [1.29, 1.82) is 0 Å². The van der Waals surface area contributed by atoms with Crippen LogP contribution in [-0.2, 0) is 16.1 Å². The van der Waals surface area contributed by atoms with Gasteiger partial charge in [-0.05, 0) is 38.5 Å². The number of benzene rings is 2. The van der Waals surface area contributed by atoms with E-state index in [0.29, 0.717) is 28.1 Å². The number of rotatable bonds is 10. The molecule has 0 radical (unpaired) electrons. The van der Waals surface area contributed by atoms with Crippen molar-refractivity contribution in [2.45, 2.75) is 32.5 Å². The predicted molar refractivity (Wildman–Crippen MR) is 165 cm³/mol. The molecule has 1 amide bonds. The van der Waals surface area contributed by atoms with E-state index in [9.17, 15) is 9.59 Å². The Morgan fingerprint density at radius 3 is 2.61 bits per heavy atom. The van der Waals surface area contributed by atoms with E-state index in [0.717, 1.165) is 38.2 Å². The van der Waals surface area contributed by atoms with Gasteiger partial charge in [-0.1, -0.05) is 66.4 Å². The molecule has 3 aromatic heterocycles. The van der Waals surface area contributed by atoms with Crippen LogP contribution in [0.3, 0.4) is 0 Å². The predicted octanol–water partition coefficient (Wildman–Crippen LogP) is 6.93. The molecule has 41 heavy (non-hydrogen) atoms. The summed E-state index contributed by atoms with van der Waals surface area (Å²) < 4.78 is 7.15. The van der Waals surface area contributed by atoms with E-state index in [2.05, 4.69) is 22.1 Å². The molecule has 3 heterocycles. The molecule has 0 saturated heterocycles. The zero-order valence-electron chi connectivity index (χ0n) is 23.0. The number of ether oxygens (including phenoxy) is 1. The highest BCUT2D eigenvalue weighted by Crippen LogP contribution is 2.35. The van der Waals surface area contributed by atoms with Crippen LogP contribution in [-0.4, -0.2) is 44.0 Å². The molecule has 208 valence electrons. The van der Waals surface area contributed by atoms with E-state index >= 15 is 0 Å². The van der Waals surface area contributed by atoms with Crippen LogP contribution in [0.1, 0.15) is 27.7 Å². The Balaban J connectivity index is 1.44. The number of aromatic nitrogens is 4. The molecule has 2 aromatic carbocycles. The van der Waals surface area contributed by atoms with Gasteiger partial charge in [0.25, 0.3) is 0 Å². The van der Waals surface area contributed by atoms with E-state index in [4.69, 9.17) is 9.72 Å². The van der Waals surface area contributed by atoms with Gasteiger partial charge in [-0.3, -0.25) is 9.36 Å². The van der Waals surface area contributed by atoms with Crippen LogP contribution in [0.25, 0.3) is 33.5 Å². The quantitative estimate of drug-likeness (QED) is 0.108. The molecule has 10 heteroatoms. The monoisotopic (exact) mass is 583 g/mol. The third kappa shape index (κ3) is 5.94. The van der Waals surface area contributed by atoms with Gasteiger partial charge in [0, 0.05) is 27.9 Å². The standard InChI is InChI=1S/C31H29N5O3S2/c1-5-16-36-28(23-17-25(21-12-8-7-9-13-21)32-24-15-11-10-14-22(23)24)34-35-31(36)40-18-26(37)33-29-27(30(38)39-6-2)19(3)20(4)41-29/h5,7-15,17H,1,6,16,18H2,2-4H3,(H,33,37). The Kier molecular flexibility index (Phi) is 8.61. The summed E-state index contributed by atoms with van der Waals surface area (Å²) >= 11 is 2.64. The maximum atomic E-state index is 13.0. The number of fused-ring (bicyclic) bond motifs is 1. The smallest absolute Gasteiger partial charge is 0.341 e. The number of thioether (sulfide) groups is 1. The number of hydrogen-bond donors (Lipinski definition) is 1. The van der Waals surface area contributed by atoms with Crippen LogP contribution in [0.15, 0.2) is 78.5 Å². The summed E-state index contributed by atoms with van der Waals surface area (Å²) in [4.78, 5) is 31.3. The van der Waals surface area contributed by atoms with Crippen LogP contribution < -0.4 is 5.32 Å². The van der Waals surface area contributed by atoms with Crippen LogP contribution in [0.2, 0.25) is 0 Å². The number of para-hydroxylation sites is 1. The second-order valence-corrected chi connectivity index (χ2v) is 11.4. The number of esters is 1. The molecule has 5 rings (SSSR count). The van der Waals surface area contributed by atoms with Gasteiger partial charge in [-0.2, -0.15) is 0 Å². The van der Waals surface area contributed by atoms with Crippen molar-refractivity contribution in [2.75, 3.05) is 17.7 Å². The van der Waals surface area contributed by atoms with Crippen LogP contribution in [0.5, 0.6) is 0 Å². The number of nitrogens with zero attached hydrogens (tertiary/aromatic N) is 4. The van der Waals surface area contributed by atoms with Gasteiger partial charge in [0.15, 0.2) is 11.0 Å². The third-order valence-electron chi connectivity index (χ3n) is 6.51. The first kappa shape index (κ1) is 28.3. The van der Waals surface area contributed by atoms with E-state index in [1.807, 2.05) is 79.1 Å². The highest BCUT2D eigenvalue weighted by atomic mass is 32.2. The molecule has 0 bridgehead atoms. The SMILES string of the molecule is C=CCn1c(SCC(=O)Nc2sc(C)c(C)c2C(=O)OCC)nnc1-c1cc(-c2ccccc2)nc2ccccc12. The minimum absolute atomic E-state index is 0.0832. The fraction of sp³-hybridized carbons (Fsp3) is 0.194. The molecule has 0 unspecified atom stereocenters. The molecule has 0 aliphatic heterocycles. The van der Waals surface area contributed by atoms with Gasteiger partial charge in [0.05, 0.1) is 29.1 Å². The number of aryl methyl sites for hydroxylation is 1. The lowest BCUT2D eigenvalue weighted by molar-refractivity contribution is -0.113. The maximum absolute atomic E-state index is 13.0. The lowest BCUT2D eigenvalue weighted by atomic mass is 10.0. The Hall–Kier alpha value is -4.28. The lowest BCUT2D eigenvalue weighted by Gasteiger charge is -2.12. The van der Waals surface area contributed by atoms with Crippen molar-refractivity contribution in [3.8, 4) is 22.6 Å². The number of anilines is 1. The average Bonchev–Trinajstić information content (AvgIpc) is 3.50. The zero-order chi connectivity index (χ0) is 28.9. The van der Waals surface area contributed by atoms with E-state index < -0.39 is 5.97 Å². The molecule has 0 saturated carbocycles. The van der Waals surface area contributed by atoms with Crippen LogP contribution in [0, 0.1) is 13.8 Å². The van der Waals surface area contributed by atoms with Gasteiger partial charge in [-0.25, -0.2) is 9.78 Å². The number of carbonyl (C=O) groups excluding carboxylic acids is 2. The molecule has 0 aliphatic carbocycles. The van der Waals surface area contributed by atoms with Gasteiger partial charge in [0.2, 0.25) is 5.91 Å². The van der Waals surface area contributed by atoms with E-state index in [1.54, 1.807) is 13.0 Å². The fourth-order valence-corrected chi connectivity index (χ4v) is 6.27. The van der Waals surface area contributed by atoms with Gasteiger partial charge >= 0.3 is 5.97 Å². The normalized spacial score (nSPS) is 11.0. The van der Waals surface area contributed by atoms with Crippen molar-refractivity contribution in [3.05, 3.63) is 89.3 Å². The van der Waals surface area contributed by atoms with Crippen LogP contribution in [0.4, 0.5) is 5.00 Å². The average molecular weight is 584 g/mol. The maximum Gasteiger partial charge on any atom is 0.341 e. The minimum Gasteiger partial charge on any atom is -0.462 e. The molecule has 0 aliphatic rings. The van der Waals surface area contributed by atoms with Crippen molar-refractivity contribution in [1.82, 2.24) is 19.7 Å². The molecule has 5 aromatic rings. The number of carbonyl (C=O) groups is 2. The Morgan fingerprint density at radius 2 is 1.85 bits per heavy atom. The highest BCUT2D eigenvalue weighted by molar-refractivity contribution is 7.99. The molecule has 0 atom stereocenters. The van der Waals surface area contributed by atoms with Crippen LogP contribution >= 0.6 is 23.1 Å². The molecule has 1 N–H and O–H groups in total. The number of thiophene rings is 1. The molecular weight excluding hydrogens is 555 g/mol. The second-order valence-electron chi connectivity index (χ2n) is 9.19. The van der Waals surface area contributed by atoms with E-state index in [-0.39, 0.29) is 18.3 Å². The van der Waals surface area contributed by atoms with Crippen molar-refractivity contribution >= 4 is 50.9 Å². The summed E-state index contributed by atoms with van der Waals surface area (Å²) in [5.74, 6) is 0.0573. The largest absolute Gasteiger partial charge is 0.462 e. The zero-order valence-corrected chi connectivity index (χ0v) is 24.6. The van der Waals surface area contributed by atoms with Crippen molar-refractivity contribution in [3.63, 3.8) is 0 Å². The molecular formula is C31H29N5O3S2. The first-order chi connectivity index (χ1) is 19.9. The summed E-state index contributed by atoms with van der Waals surface area (Å²) in [6.07, 6.45) is 1.78. The van der Waals surface area contributed by atoms with Gasteiger partial charge < -0.3 is 10.1 Å². The summed E-state index contributed by atoms with van der Waals surface area (Å²) in [6, 6.07) is 20.0. The number of nitrogens with one attached hydrogen (secondary N) is 1. The summed E-state index contributed by atoms with van der Waals surface area (Å²) in [7, 11) is 0. The first-order valence-electron chi connectivity index (χ1n) is 13.1. The summed E-state index contributed by atoms with van der Waals surface area (Å²) in [5, 5.41) is 13.9. The summed E-state index contributed by atoms with van der Waals surface area (Å²) in [6.45, 7) is 10.2. The molecule has 0 spiro atoms. The molecule has 8 nitrogen and oxygen atoms in total. The van der Waals surface area contributed by atoms with Gasteiger partial charge in [0.1, 0.15) is 5.00 Å². The summed E-state index contributed by atoms with van der Waals surface area (Å²) in [5.41, 5.74) is 4.80. The van der Waals surface area contributed by atoms with Crippen molar-refractivity contribution in [2.24, 2.45) is 0 Å². The number of allylic oxidation sites excluding steroid dienone is 1. The third-order valence-corrected chi connectivity index (χ3v) is 8.59. The Labute approximate surface area is 246 Å². The Bertz CT molecular complexity index is 1740. The van der Waals surface area contributed by atoms with E-state index in [1.165, 1.54) is 23.1 Å². The topological polar surface area (TPSA) is 99.0 Å². The Morgan fingerprint density at radius 1 is 1.10 bits per heavy atom. The van der Waals surface area contributed by atoms with Crippen molar-refractivity contribution < 1.29 is 14.3 Å². The minimum atomic E-state index is -0.438. The number of hydrogen-bond acceptors (Lipinski definition) is 8. The lowest BCUT2D eigenvalue weighted by Crippen LogP contribution is -2.17. The second kappa shape index (κ2) is 12.5.